The Morgan fingerprint density at radius 3 is 2.42 bits per heavy atom. The van der Waals surface area contributed by atoms with Gasteiger partial charge in [-0.15, -0.1) is 0 Å². The van der Waals surface area contributed by atoms with Gasteiger partial charge in [-0.3, -0.25) is 4.79 Å². The van der Waals surface area contributed by atoms with Crippen LogP contribution in [-0.2, 0) is 16.1 Å². The lowest BCUT2D eigenvalue weighted by Crippen LogP contribution is -2.28. The summed E-state index contributed by atoms with van der Waals surface area (Å²) in [5.41, 5.74) is 3.10. The zero-order valence-corrected chi connectivity index (χ0v) is 20.2. The van der Waals surface area contributed by atoms with Crippen LogP contribution in [0.15, 0.2) is 72.8 Å². The number of fused-ring (bicyclic) bond motifs is 1. The van der Waals surface area contributed by atoms with Crippen LogP contribution in [0.2, 0.25) is 0 Å². The second-order valence-electron chi connectivity index (χ2n) is 7.85. The molecular formula is C28H26N2O6. The smallest absolute Gasteiger partial charge is 0.339 e. The molecule has 0 bridgehead atoms. The normalized spacial score (nSPS) is 10.5. The maximum atomic E-state index is 13.0. The van der Waals surface area contributed by atoms with Crippen LogP contribution >= 0.6 is 0 Å². The Hall–Kier alpha value is -4.59. The molecule has 0 spiro atoms. The second-order valence-corrected chi connectivity index (χ2v) is 7.85. The van der Waals surface area contributed by atoms with Crippen molar-refractivity contribution in [3.05, 3.63) is 83.9 Å². The van der Waals surface area contributed by atoms with E-state index in [-0.39, 0.29) is 6.54 Å². The number of hydrogen-bond acceptors (Lipinski definition) is 7. The van der Waals surface area contributed by atoms with Gasteiger partial charge in [0.15, 0.2) is 18.1 Å². The number of ether oxygens (including phenoxy) is 4. The average molecular weight is 487 g/mol. The molecule has 1 heterocycles. The Bertz CT molecular complexity index is 1400. The van der Waals surface area contributed by atoms with Gasteiger partial charge < -0.3 is 24.3 Å². The summed E-state index contributed by atoms with van der Waals surface area (Å²) in [7, 11) is 4.70. The van der Waals surface area contributed by atoms with Crippen LogP contribution in [0.1, 0.15) is 15.9 Å². The molecule has 1 amide bonds. The van der Waals surface area contributed by atoms with Gasteiger partial charge in [-0.25, -0.2) is 9.78 Å². The first-order valence-corrected chi connectivity index (χ1v) is 11.2. The van der Waals surface area contributed by atoms with Crippen molar-refractivity contribution >= 4 is 22.8 Å². The summed E-state index contributed by atoms with van der Waals surface area (Å²) in [6.07, 6.45) is 0. The standard InChI is InChI=1S/C28H26N2O6/c1-33-20-8-6-7-18(13-20)16-29-27(31)17-36-28(32)22-15-24(30-23-10-5-4-9-21(22)23)19-11-12-25(34-2)26(14-19)35-3/h4-15H,16-17H2,1-3H3,(H,29,31). The maximum absolute atomic E-state index is 13.0. The van der Waals surface area contributed by atoms with E-state index in [0.717, 1.165) is 11.1 Å². The molecule has 0 aliphatic carbocycles. The predicted octanol–water partition coefficient (Wildman–Crippen LogP) is 4.40. The molecule has 0 aliphatic heterocycles. The van der Waals surface area contributed by atoms with E-state index in [2.05, 4.69) is 5.32 Å². The average Bonchev–Trinajstić information content (AvgIpc) is 2.93. The Morgan fingerprint density at radius 2 is 1.64 bits per heavy atom. The summed E-state index contributed by atoms with van der Waals surface area (Å²) < 4.78 is 21.3. The van der Waals surface area contributed by atoms with Crippen molar-refractivity contribution in [3.63, 3.8) is 0 Å². The molecule has 4 rings (SSSR count). The van der Waals surface area contributed by atoms with Gasteiger partial charge >= 0.3 is 5.97 Å². The first kappa shape index (κ1) is 24.5. The number of nitrogens with one attached hydrogen (secondary N) is 1. The third-order valence-electron chi connectivity index (χ3n) is 5.57. The van der Waals surface area contributed by atoms with Crippen LogP contribution in [-0.4, -0.2) is 44.8 Å². The molecule has 184 valence electrons. The zero-order chi connectivity index (χ0) is 25.5. The molecule has 8 heteroatoms. The summed E-state index contributed by atoms with van der Waals surface area (Å²) in [6, 6.07) is 21.7. The predicted molar refractivity (Wildman–Crippen MR) is 135 cm³/mol. The summed E-state index contributed by atoms with van der Waals surface area (Å²) >= 11 is 0. The van der Waals surface area contributed by atoms with E-state index in [1.54, 1.807) is 45.6 Å². The van der Waals surface area contributed by atoms with Crippen molar-refractivity contribution in [2.24, 2.45) is 0 Å². The van der Waals surface area contributed by atoms with Crippen molar-refractivity contribution in [3.8, 4) is 28.5 Å². The highest BCUT2D eigenvalue weighted by atomic mass is 16.5. The molecule has 0 radical (unpaired) electrons. The summed E-state index contributed by atoms with van der Waals surface area (Å²) in [5.74, 6) is 0.794. The molecule has 0 fully saturated rings. The second kappa shape index (κ2) is 11.2. The van der Waals surface area contributed by atoms with Gasteiger partial charge in [0.1, 0.15) is 5.75 Å². The van der Waals surface area contributed by atoms with Crippen LogP contribution in [0, 0.1) is 0 Å². The van der Waals surface area contributed by atoms with Gasteiger partial charge in [0.25, 0.3) is 5.91 Å². The molecule has 8 nitrogen and oxygen atoms in total. The minimum absolute atomic E-state index is 0.287. The van der Waals surface area contributed by atoms with Crippen molar-refractivity contribution in [2.45, 2.75) is 6.54 Å². The van der Waals surface area contributed by atoms with E-state index >= 15 is 0 Å². The fourth-order valence-corrected chi connectivity index (χ4v) is 3.73. The highest BCUT2D eigenvalue weighted by Gasteiger charge is 2.17. The van der Waals surface area contributed by atoms with Gasteiger partial charge in [-0.2, -0.15) is 0 Å². The van der Waals surface area contributed by atoms with E-state index in [0.29, 0.717) is 39.4 Å². The summed E-state index contributed by atoms with van der Waals surface area (Å²) in [4.78, 5) is 30.1. The van der Waals surface area contributed by atoms with E-state index in [1.165, 1.54) is 0 Å². The molecule has 0 saturated carbocycles. The third-order valence-corrected chi connectivity index (χ3v) is 5.57. The van der Waals surface area contributed by atoms with Crippen molar-refractivity contribution < 1.29 is 28.5 Å². The van der Waals surface area contributed by atoms with Crippen molar-refractivity contribution in [2.75, 3.05) is 27.9 Å². The van der Waals surface area contributed by atoms with Crippen LogP contribution < -0.4 is 19.5 Å². The summed E-state index contributed by atoms with van der Waals surface area (Å²) in [6.45, 7) is -0.125. The van der Waals surface area contributed by atoms with E-state index in [1.807, 2.05) is 48.5 Å². The molecule has 0 atom stereocenters. The number of carbonyl (C=O) groups is 2. The van der Waals surface area contributed by atoms with E-state index in [9.17, 15) is 9.59 Å². The lowest BCUT2D eigenvalue weighted by molar-refractivity contribution is -0.124. The zero-order valence-electron chi connectivity index (χ0n) is 20.2. The first-order valence-electron chi connectivity index (χ1n) is 11.2. The number of rotatable bonds is 9. The Morgan fingerprint density at radius 1 is 0.833 bits per heavy atom. The lowest BCUT2D eigenvalue weighted by atomic mass is 10.0. The van der Waals surface area contributed by atoms with Crippen LogP contribution in [0.4, 0.5) is 0 Å². The minimum Gasteiger partial charge on any atom is -0.497 e. The molecule has 36 heavy (non-hydrogen) atoms. The molecule has 0 saturated heterocycles. The highest BCUT2D eigenvalue weighted by Crippen LogP contribution is 2.33. The van der Waals surface area contributed by atoms with Gasteiger partial charge in [0.2, 0.25) is 0 Å². The SMILES string of the molecule is COc1cccc(CNC(=O)COC(=O)c2cc(-c3ccc(OC)c(OC)c3)nc3ccccc23)c1. The number of nitrogens with zero attached hydrogens (tertiary/aromatic N) is 1. The molecule has 4 aromatic rings. The number of para-hydroxylation sites is 1. The molecule has 1 N–H and O–H groups in total. The van der Waals surface area contributed by atoms with Gasteiger partial charge in [0, 0.05) is 17.5 Å². The number of benzene rings is 3. The largest absolute Gasteiger partial charge is 0.497 e. The number of esters is 1. The number of amides is 1. The minimum atomic E-state index is -0.619. The Labute approximate surface area is 208 Å². The van der Waals surface area contributed by atoms with Gasteiger partial charge in [-0.05, 0) is 48.0 Å². The first-order chi connectivity index (χ1) is 17.5. The van der Waals surface area contributed by atoms with Crippen LogP contribution in [0.25, 0.3) is 22.2 Å². The fourth-order valence-electron chi connectivity index (χ4n) is 3.73. The van der Waals surface area contributed by atoms with Crippen LogP contribution in [0.5, 0.6) is 17.2 Å². The molecule has 0 aliphatic rings. The van der Waals surface area contributed by atoms with Crippen molar-refractivity contribution in [1.29, 1.82) is 0 Å². The fraction of sp³-hybridized carbons (Fsp3) is 0.179. The Kier molecular flexibility index (Phi) is 7.65. The number of pyridine rings is 1. The molecule has 0 unspecified atom stereocenters. The van der Waals surface area contributed by atoms with E-state index < -0.39 is 18.5 Å². The third kappa shape index (κ3) is 5.55. The van der Waals surface area contributed by atoms with E-state index in [4.69, 9.17) is 23.9 Å². The molecular weight excluding hydrogens is 460 g/mol. The number of methoxy groups -OCH3 is 3. The summed E-state index contributed by atoms with van der Waals surface area (Å²) in [5, 5.41) is 3.37. The topological polar surface area (TPSA) is 96.0 Å². The van der Waals surface area contributed by atoms with Gasteiger partial charge in [-0.1, -0.05) is 30.3 Å². The maximum Gasteiger partial charge on any atom is 0.339 e. The van der Waals surface area contributed by atoms with Crippen LogP contribution in [0.3, 0.4) is 0 Å². The monoisotopic (exact) mass is 486 g/mol. The number of carbonyl (C=O) groups excluding carboxylic acids is 2. The molecule has 1 aromatic heterocycles. The Balaban J connectivity index is 1.52. The van der Waals surface area contributed by atoms with Crippen molar-refractivity contribution in [1.82, 2.24) is 10.3 Å². The number of aromatic nitrogens is 1. The quantitative estimate of drug-likeness (QED) is 0.350. The highest BCUT2D eigenvalue weighted by molar-refractivity contribution is 6.05. The molecule has 3 aromatic carbocycles. The van der Waals surface area contributed by atoms with Gasteiger partial charge in [0.05, 0.1) is 38.1 Å². The lowest BCUT2D eigenvalue weighted by Gasteiger charge is -2.12. The number of hydrogen-bond donors (Lipinski definition) is 1.